The van der Waals surface area contributed by atoms with E-state index in [2.05, 4.69) is 35.7 Å². The van der Waals surface area contributed by atoms with Crippen LogP contribution in [0.4, 0.5) is 0 Å². The minimum Gasteiger partial charge on any atom is -0.495 e. The SMILES string of the molecule is C=CC1CN(Cc2ccccc2)CCN1/C(O)=C\C. The van der Waals surface area contributed by atoms with Gasteiger partial charge in [-0.1, -0.05) is 36.4 Å². The summed E-state index contributed by atoms with van der Waals surface area (Å²) in [6.45, 7) is 9.38. The first kappa shape index (κ1) is 13.7. The maximum Gasteiger partial charge on any atom is 0.182 e. The first-order chi connectivity index (χ1) is 9.24. The molecule has 0 radical (unpaired) electrons. The third-order valence-electron chi connectivity index (χ3n) is 3.58. The summed E-state index contributed by atoms with van der Waals surface area (Å²) < 4.78 is 0. The van der Waals surface area contributed by atoms with Crippen LogP contribution >= 0.6 is 0 Å². The summed E-state index contributed by atoms with van der Waals surface area (Å²) in [5, 5.41) is 9.88. The van der Waals surface area contributed by atoms with Gasteiger partial charge in [0.25, 0.3) is 0 Å². The minimum atomic E-state index is 0.175. The van der Waals surface area contributed by atoms with E-state index < -0.39 is 0 Å². The van der Waals surface area contributed by atoms with Gasteiger partial charge in [-0.15, -0.1) is 6.58 Å². The van der Waals surface area contributed by atoms with Crippen molar-refractivity contribution in [3.8, 4) is 0 Å². The van der Waals surface area contributed by atoms with Crippen LogP contribution in [-0.4, -0.2) is 40.6 Å². The predicted octanol–water partition coefficient (Wildman–Crippen LogP) is 2.78. The highest BCUT2D eigenvalue weighted by molar-refractivity contribution is 5.15. The summed E-state index contributed by atoms with van der Waals surface area (Å²) in [4.78, 5) is 4.41. The lowest BCUT2D eigenvalue weighted by molar-refractivity contribution is 0.0775. The number of piperazine rings is 1. The van der Waals surface area contributed by atoms with Gasteiger partial charge < -0.3 is 10.0 Å². The molecule has 1 aliphatic rings. The summed E-state index contributed by atoms with van der Waals surface area (Å²) in [5.74, 6) is 0.351. The Kier molecular flexibility index (Phi) is 4.63. The van der Waals surface area contributed by atoms with Crippen LogP contribution in [0.25, 0.3) is 0 Å². The second kappa shape index (κ2) is 6.43. The van der Waals surface area contributed by atoms with Gasteiger partial charge in [0.1, 0.15) is 0 Å². The van der Waals surface area contributed by atoms with Crippen molar-refractivity contribution >= 4 is 0 Å². The second-order valence-electron chi connectivity index (χ2n) is 4.86. The Morgan fingerprint density at radius 1 is 1.37 bits per heavy atom. The van der Waals surface area contributed by atoms with E-state index in [9.17, 15) is 5.11 Å². The topological polar surface area (TPSA) is 26.7 Å². The van der Waals surface area contributed by atoms with E-state index in [1.165, 1.54) is 5.56 Å². The highest BCUT2D eigenvalue weighted by Crippen LogP contribution is 2.17. The number of benzene rings is 1. The quantitative estimate of drug-likeness (QED) is 0.664. The average molecular weight is 258 g/mol. The van der Waals surface area contributed by atoms with Crippen molar-refractivity contribution in [2.75, 3.05) is 19.6 Å². The first-order valence-corrected chi connectivity index (χ1v) is 6.75. The van der Waals surface area contributed by atoms with Gasteiger partial charge in [0.2, 0.25) is 0 Å². The Hall–Kier alpha value is -1.74. The van der Waals surface area contributed by atoms with Crippen LogP contribution in [0.15, 0.2) is 54.9 Å². The van der Waals surface area contributed by atoms with Gasteiger partial charge in [-0.2, -0.15) is 0 Å². The molecule has 1 aromatic carbocycles. The number of aliphatic hydroxyl groups is 1. The van der Waals surface area contributed by atoms with Crippen molar-refractivity contribution in [3.05, 3.63) is 60.5 Å². The summed E-state index contributed by atoms with van der Waals surface area (Å²) >= 11 is 0. The number of allylic oxidation sites excluding steroid dienone is 1. The van der Waals surface area contributed by atoms with Crippen molar-refractivity contribution in [2.45, 2.75) is 19.5 Å². The van der Waals surface area contributed by atoms with E-state index in [0.717, 1.165) is 26.2 Å². The molecule has 1 N–H and O–H groups in total. The minimum absolute atomic E-state index is 0.175. The number of hydrogen-bond acceptors (Lipinski definition) is 3. The molecule has 19 heavy (non-hydrogen) atoms. The summed E-state index contributed by atoms with van der Waals surface area (Å²) in [6.07, 6.45) is 3.65. The van der Waals surface area contributed by atoms with Crippen molar-refractivity contribution in [1.82, 2.24) is 9.80 Å². The van der Waals surface area contributed by atoms with Crippen LogP contribution in [0.5, 0.6) is 0 Å². The van der Waals surface area contributed by atoms with Crippen LogP contribution in [0, 0.1) is 0 Å². The average Bonchev–Trinajstić information content (AvgIpc) is 2.47. The highest BCUT2D eigenvalue weighted by atomic mass is 16.3. The molecule has 1 unspecified atom stereocenters. The number of rotatable bonds is 4. The van der Waals surface area contributed by atoms with Crippen LogP contribution < -0.4 is 0 Å². The molecule has 0 aromatic heterocycles. The molecule has 1 aromatic rings. The lowest BCUT2D eigenvalue weighted by Crippen LogP contribution is -2.51. The lowest BCUT2D eigenvalue weighted by atomic mass is 10.1. The van der Waals surface area contributed by atoms with Gasteiger partial charge in [-0.05, 0) is 18.6 Å². The molecule has 0 amide bonds. The van der Waals surface area contributed by atoms with Gasteiger partial charge in [0.15, 0.2) is 5.88 Å². The zero-order valence-electron chi connectivity index (χ0n) is 11.5. The molecule has 1 heterocycles. The molecule has 1 atom stereocenters. The van der Waals surface area contributed by atoms with Crippen molar-refractivity contribution in [2.24, 2.45) is 0 Å². The molecule has 1 aliphatic heterocycles. The maximum atomic E-state index is 9.88. The molecular weight excluding hydrogens is 236 g/mol. The molecule has 3 nitrogen and oxygen atoms in total. The number of hydrogen-bond donors (Lipinski definition) is 1. The Bertz CT molecular complexity index is 441. The van der Waals surface area contributed by atoms with E-state index in [1.807, 2.05) is 24.0 Å². The molecular formula is C16H22N2O. The molecule has 1 fully saturated rings. The van der Waals surface area contributed by atoms with Gasteiger partial charge in [0.05, 0.1) is 6.04 Å². The number of nitrogens with zero attached hydrogens (tertiary/aromatic N) is 2. The van der Waals surface area contributed by atoms with E-state index in [-0.39, 0.29) is 6.04 Å². The Balaban J connectivity index is 1.99. The number of aliphatic hydroxyl groups excluding tert-OH is 1. The van der Waals surface area contributed by atoms with E-state index in [4.69, 9.17) is 0 Å². The highest BCUT2D eigenvalue weighted by Gasteiger charge is 2.25. The third kappa shape index (κ3) is 3.38. The molecule has 102 valence electrons. The van der Waals surface area contributed by atoms with Gasteiger partial charge in [-0.25, -0.2) is 0 Å². The Morgan fingerprint density at radius 3 is 2.74 bits per heavy atom. The molecule has 1 saturated heterocycles. The standard InChI is InChI=1S/C16H22N2O/c1-3-15-13-17(10-11-18(15)16(19)4-2)12-14-8-6-5-7-9-14/h3-9,15,19H,1,10-13H2,2H3/b16-4+. The second-order valence-corrected chi connectivity index (χ2v) is 4.86. The molecule has 2 rings (SSSR count). The summed E-state index contributed by atoms with van der Waals surface area (Å²) in [5.41, 5.74) is 1.33. The van der Waals surface area contributed by atoms with E-state index in [0.29, 0.717) is 5.88 Å². The monoisotopic (exact) mass is 258 g/mol. The third-order valence-corrected chi connectivity index (χ3v) is 3.58. The summed E-state index contributed by atoms with van der Waals surface area (Å²) in [7, 11) is 0. The Morgan fingerprint density at radius 2 is 2.11 bits per heavy atom. The maximum absolute atomic E-state index is 9.88. The fraction of sp³-hybridized carbons (Fsp3) is 0.375. The first-order valence-electron chi connectivity index (χ1n) is 6.75. The Labute approximate surface area is 115 Å². The van der Waals surface area contributed by atoms with Crippen LogP contribution in [0.1, 0.15) is 12.5 Å². The van der Waals surface area contributed by atoms with Crippen molar-refractivity contribution < 1.29 is 5.11 Å². The molecule has 0 bridgehead atoms. The fourth-order valence-corrected chi connectivity index (χ4v) is 2.51. The molecule has 0 aliphatic carbocycles. The predicted molar refractivity (Wildman–Crippen MR) is 78.8 cm³/mol. The molecule has 0 spiro atoms. The molecule has 3 heteroatoms. The van der Waals surface area contributed by atoms with Gasteiger partial charge in [0, 0.05) is 26.2 Å². The zero-order valence-corrected chi connectivity index (χ0v) is 11.5. The van der Waals surface area contributed by atoms with Gasteiger partial charge in [-0.3, -0.25) is 4.90 Å². The smallest absolute Gasteiger partial charge is 0.182 e. The van der Waals surface area contributed by atoms with Crippen molar-refractivity contribution in [3.63, 3.8) is 0 Å². The lowest BCUT2D eigenvalue weighted by Gasteiger charge is -2.40. The van der Waals surface area contributed by atoms with Crippen LogP contribution in [0.3, 0.4) is 0 Å². The van der Waals surface area contributed by atoms with E-state index >= 15 is 0 Å². The van der Waals surface area contributed by atoms with Crippen LogP contribution in [-0.2, 0) is 6.54 Å². The largest absolute Gasteiger partial charge is 0.495 e. The normalized spacial score (nSPS) is 21.4. The van der Waals surface area contributed by atoms with E-state index in [1.54, 1.807) is 6.08 Å². The van der Waals surface area contributed by atoms with Gasteiger partial charge >= 0.3 is 0 Å². The molecule has 0 saturated carbocycles. The van der Waals surface area contributed by atoms with Crippen molar-refractivity contribution in [1.29, 1.82) is 0 Å². The van der Waals surface area contributed by atoms with Crippen LogP contribution in [0.2, 0.25) is 0 Å². The fourth-order valence-electron chi connectivity index (χ4n) is 2.51. The zero-order chi connectivity index (χ0) is 13.7. The summed E-state index contributed by atoms with van der Waals surface area (Å²) in [6, 6.07) is 10.7.